The summed E-state index contributed by atoms with van der Waals surface area (Å²) in [5.74, 6) is -1.38. The molecule has 7 nitrogen and oxygen atoms in total. The molecule has 0 bridgehead atoms. The van der Waals surface area contributed by atoms with Crippen LogP contribution in [0.1, 0.15) is 13.8 Å². The van der Waals surface area contributed by atoms with E-state index >= 15 is 0 Å². The molecule has 1 heterocycles. The van der Waals surface area contributed by atoms with Gasteiger partial charge in [0.15, 0.2) is 6.04 Å². The van der Waals surface area contributed by atoms with E-state index in [1.165, 1.54) is 7.11 Å². The molecule has 0 radical (unpaired) electrons. The Morgan fingerprint density at radius 1 is 1.42 bits per heavy atom. The maximum Gasteiger partial charge on any atom is 0.328 e. The van der Waals surface area contributed by atoms with E-state index in [9.17, 15) is 9.59 Å². The minimum Gasteiger partial charge on any atom is -0.480 e. The van der Waals surface area contributed by atoms with Crippen LogP contribution >= 0.6 is 0 Å². The minimum atomic E-state index is -1.09. The summed E-state index contributed by atoms with van der Waals surface area (Å²) in [6.07, 6.45) is 0. The Labute approximate surface area is 113 Å². The van der Waals surface area contributed by atoms with E-state index in [-0.39, 0.29) is 12.5 Å². The number of ether oxygens (including phenoxy) is 1. The fraction of sp³-hybridized carbons (Fsp3) is 0.833. The van der Waals surface area contributed by atoms with Crippen LogP contribution in [0, 0.1) is 0 Å². The average Bonchev–Trinajstić information content (AvgIpc) is 2.38. The molecule has 0 aromatic heterocycles. The summed E-state index contributed by atoms with van der Waals surface area (Å²) >= 11 is 0. The van der Waals surface area contributed by atoms with Crippen molar-refractivity contribution in [3.05, 3.63) is 0 Å². The van der Waals surface area contributed by atoms with Crippen LogP contribution in [0.25, 0.3) is 0 Å². The van der Waals surface area contributed by atoms with Crippen molar-refractivity contribution >= 4 is 11.9 Å². The number of carbonyl (C=O) groups excluding carboxylic acids is 1. The van der Waals surface area contributed by atoms with Gasteiger partial charge >= 0.3 is 5.97 Å². The first-order valence-electron chi connectivity index (χ1n) is 6.38. The first-order valence-corrected chi connectivity index (χ1v) is 6.38. The van der Waals surface area contributed by atoms with E-state index < -0.39 is 17.6 Å². The Bertz CT molecular complexity index is 327. The molecule has 0 aromatic rings. The number of hydrogen-bond acceptors (Lipinski definition) is 5. The number of carbonyl (C=O) groups is 2. The van der Waals surface area contributed by atoms with Crippen molar-refractivity contribution in [3.63, 3.8) is 0 Å². The minimum absolute atomic E-state index is 0.0429. The number of aliphatic carboxylic acids is 1. The van der Waals surface area contributed by atoms with Crippen molar-refractivity contribution in [3.8, 4) is 0 Å². The van der Waals surface area contributed by atoms with Gasteiger partial charge in [0.05, 0.1) is 12.1 Å². The predicted octanol–water partition coefficient (Wildman–Crippen LogP) is -1.11. The van der Waals surface area contributed by atoms with Crippen molar-refractivity contribution in [2.24, 2.45) is 0 Å². The van der Waals surface area contributed by atoms with Crippen molar-refractivity contribution in [2.45, 2.75) is 25.4 Å². The molecule has 0 spiro atoms. The molecule has 1 unspecified atom stereocenters. The van der Waals surface area contributed by atoms with Crippen LogP contribution in [0.2, 0.25) is 0 Å². The van der Waals surface area contributed by atoms with Crippen LogP contribution in [0.15, 0.2) is 0 Å². The highest BCUT2D eigenvalue weighted by Gasteiger charge is 2.37. The zero-order chi connectivity index (χ0) is 14.5. The molecular formula is C12H23N3O4. The van der Waals surface area contributed by atoms with Crippen LogP contribution < -0.4 is 10.6 Å². The van der Waals surface area contributed by atoms with Crippen molar-refractivity contribution < 1.29 is 19.4 Å². The maximum atomic E-state index is 12.3. The molecule has 1 aliphatic rings. The summed E-state index contributed by atoms with van der Waals surface area (Å²) in [4.78, 5) is 25.3. The summed E-state index contributed by atoms with van der Waals surface area (Å²) < 4.78 is 4.81. The summed E-state index contributed by atoms with van der Waals surface area (Å²) in [6.45, 7) is 6.76. The van der Waals surface area contributed by atoms with E-state index in [1.807, 2.05) is 4.90 Å². The van der Waals surface area contributed by atoms with Crippen molar-refractivity contribution in [1.29, 1.82) is 0 Å². The number of carboxylic acids is 1. The Balaban J connectivity index is 2.65. The number of hydrogen-bond donors (Lipinski definition) is 3. The summed E-state index contributed by atoms with van der Waals surface area (Å²) in [5.41, 5.74) is -0.733. The smallest absolute Gasteiger partial charge is 0.328 e. The molecular weight excluding hydrogens is 250 g/mol. The van der Waals surface area contributed by atoms with Crippen LogP contribution in [0.3, 0.4) is 0 Å². The largest absolute Gasteiger partial charge is 0.480 e. The lowest BCUT2D eigenvalue weighted by molar-refractivity contribution is -0.145. The molecule has 7 heteroatoms. The second-order valence-electron chi connectivity index (χ2n) is 5.12. The van der Waals surface area contributed by atoms with Gasteiger partial charge in [0, 0.05) is 33.3 Å². The van der Waals surface area contributed by atoms with Gasteiger partial charge in [-0.05, 0) is 13.8 Å². The summed E-state index contributed by atoms with van der Waals surface area (Å²) in [7, 11) is 1.41. The molecule has 1 amide bonds. The van der Waals surface area contributed by atoms with E-state index in [1.54, 1.807) is 13.8 Å². The molecule has 0 aromatic carbocycles. The highest BCUT2D eigenvalue weighted by atomic mass is 16.5. The first kappa shape index (κ1) is 15.9. The fourth-order valence-electron chi connectivity index (χ4n) is 2.04. The molecule has 0 aliphatic carbocycles. The maximum absolute atomic E-state index is 12.3. The van der Waals surface area contributed by atoms with E-state index in [0.29, 0.717) is 0 Å². The topological polar surface area (TPSA) is 90.9 Å². The lowest BCUT2D eigenvalue weighted by atomic mass is 10.00. The van der Waals surface area contributed by atoms with Crippen LogP contribution in [0.5, 0.6) is 0 Å². The Morgan fingerprint density at radius 3 is 2.47 bits per heavy atom. The molecule has 19 heavy (non-hydrogen) atoms. The summed E-state index contributed by atoms with van der Waals surface area (Å²) in [5, 5.41) is 14.8. The highest BCUT2D eigenvalue weighted by molar-refractivity contribution is 5.89. The number of carboxylic acid groups (broad SMARTS) is 1. The predicted molar refractivity (Wildman–Crippen MR) is 70.0 cm³/mol. The quantitative estimate of drug-likeness (QED) is 0.568. The fourth-order valence-corrected chi connectivity index (χ4v) is 2.04. The van der Waals surface area contributed by atoms with E-state index in [0.717, 1.165) is 26.2 Å². The lowest BCUT2D eigenvalue weighted by Crippen LogP contribution is -2.62. The number of amides is 1. The molecule has 0 saturated carbocycles. The molecule has 1 rings (SSSR count). The molecule has 110 valence electrons. The van der Waals surface area contributed by atoms with Gasteiger partial charge in [-0.25, -0.2) is 4.79 Å². The molecule has 3 N–H and O–H groups in total. The second kappa shape index (κ2) is 6.83. The van der Waals surface area contributed by atoms with Crippen LogP contribution in [-0.2, 0) is 14.3 Å². The lowest BCUT2D eigenvalue weighted by Gasteiger charge is -2.40. The molecule has 1 atom stereocenters. The van der Waals surface area contributed by atoms with Gasteiger partial charge in [-0.1, -0.05) is 0 Å². The second-order valence-corrected chi connectivity index (χ2v) is 5.12. The van der Waals surface area contributed by atoms with Gasteiger partial charge in [0.25, 0.3) is 0 Å². The Hall–Kier alpha value is -1.18. The average molecular weight is 273 g/mol. The monoisotopic (exact) mass is 273 g/mol. The van der Waals surface area contributed by atoms with Gasteiger partial charge in [-0.15, -0.1) is 0 Å². The summed E-state index contributed by atoms with van der Waals surface area (Å²) in [6, 6.07) is -1.01. The van der Waals surface area contributed by atoms with Gasteiger partial charge in [-0.3, -0.25) is 9.69 Å². The molecule has 1 aliphatic heterocycles. The third kappa shape index (κ3) is 4.15. The van der Waals surface area contributed by atoms with E-state index in [4.69, 9.17) is 9.84 Å². The number of piperazine rings is 1. The van der Waals surface area contributed by atoms with Gasteiger partial charge in [0.1, 0.15) is 0 Å². The number of rotatable bonds is 6. The molecule has 1 fully saturated rings. The normalized spacial score (nSPS) is 18.9. The number of nitrogens with one attached hydrogen (secondary N) is 2. The zero-order valence-electron chi connectivity index (χ0n) is 11.7. The van der Waals surface area contributed by atoms with Gasteiger partial charge in [0.2, 0.25) is 5.91 Å². The third-order valence-electron chi connectivity index (χ3n) is 3.40. The first-order chi connectivity index (χ1) is 8.89. The Kier molecular flexibility index (Phi) is 5.71. The van der Waals surface area contributed by atoms with Gasteiger partial charge < -0.3 is 20.5 Å². The third-order valence-corrected chi connectivity index (χ3v) is 3.40. The van der Waals surface area contributed by atoms with Gasteiger partial charge in [-0.2, -0.15) is 0 Å². The van der Waals surface area contributed by atoms with E-state index in [2.05, 4.69) is 10.6 Å². The number of nitrogens with zero attached hydrogens (tertiary/aromatic N) is 1. The zero-order valence-corrected chi connectivity index (χ0v) is 11.7. The standard InChI is InChI=1S/C12H23N3O4/c1-12(2,15-6-4-13-5-7-15)11(18)14-9(8-19-3)10(16)17/h9,13H,4-8H2,1-3H3,(H,14,18)(H,16,17). The van der Waals surface area contributed by atoms with Crippen LogP contribution in [0.4, 0.5) is 0 Å². The van der Waals surface area contributed by atoms with Crippen molar-refractivity contribution in [2.75, 3.05) is 39.9 Å². The highest BCUT2D eigenvalue weighted by Crippen LogP contribution is 2.15. The van der Waals surface area contributed by atoms with Crippen LogP contribution in [-0.4, -0.2) is 73.4 Å². The Morgan fingerprint density at radius 2 is 2.00 bits per heavy atom. The SMILES string of the molecule is COCC(NC(=O)C(C)(C)N1CCNCC1)C(=O)O. The number of methoxy groups -OCH3 is 1. The van der Waals surface area contributed by atoms with Crippen molar-refractivity contribution in [1.82, 2.24) is 15.5 Å². The molecule has 1 saturated heterocycles.